The molecule has 1 rings (SSSR count). The zero-order valence-corrected chi connectivity index (χ0v) is 10.4. The van der Waals surface area contributed by atoms with Gasteiger partial charge < -0.3 is 15.2 Å². The number of halogens is 1. The zero-order chi connectivity index (χ0) is 13.4. The van der Waals surface area contributed by atoms with Gasteiger partial charge in [-0.2, -0.15) is 0 Å². The average molecular weight is 255 g/mol. The van der Waals surface area contributed by atoms with Crippen molar-refractivity contribution in [1.29, 1.82) is 0 Å². The van der Waals surface area contributed by atoms with Crippen molar-refractivity contribution in [3.63, 3.8) is 0 Å². The van der Waals surface area contributed by atoms with Crippen molar-refractivity contribution in [3.05, 3.63) is 29.6 Å². The Labute approximate surface area is 106 Å². The third-order valence-electron chi connectivity index (χ3n) is 2.34. The molecule has 5 heteroatoms. The molecule has 0 bridgehead atoms. The van der Waals surface area contributed by atoms with E-state index >= 15 is 0 Å². The molecule has 0 atom stereocenters. The first-order valence-electron chi connectivity index (χ1n) is 5.95. The van der Waals surface area contributed by atoms with Crippen LogP contribution in [0, 0.1) is 5.82 Å². The fourth-order valence-electron chi connectivity index (χ4n) is 1.40. The Hall–Kier alpha value is -1.62. The van der Waals surface area contributed by atoms with E-state index in [1.807, 2.05) is 6.92 Å². The van der Waals surface area contributed by atoms with Crippen LogP contribution in [0.25, 0.3) is 0 Å². The van der Waals surface area contributed by atoms with Crippen molar-refractivity contribution >= 4 is 5.91 Å². The minimum atomic E-state index is -0.497. The summed E-state index contributed by atoms with van der Waals surface area (Å²) in [4.78, 5) is 11.4. The number of unbranched alkanes of at least 4 members (excludes halogenated alkanes) is 1. The van der Waals surface area contributed by atoms with Crippen LogP contribution >= 0.6 is 0 Å². The molecule has 0 saturated carbocycles. The number of hydrogen-bond donors (Lipinski definition) is 2. The summed E-state index contributed by atoms with van der Waals surface area (Å²) in [6.45, 7) is 2.23. The molecule has 0 aliphatic carbocycles. The second-order valence-electron chi connectivity index (χ2n) is 3.95. The van der Waals surface area contributed by atoms with E-state index in [2.05, 4.69) is 5.32 Å². The summed E-state index contributed by atoms with van der Waals surface area (Å²) in [6.07, 6.45) is 1.92. The number of carbonyl (C=O) groups is 1. The van der Waals surface area contributed by atoms with Crippen molar-refractivity contribution in [3.8, 4) is 5.75 Å². The highest BCUT2D eigenvalue weighted by atomic mass is 19.1. The Morgan fingerprint density at radius 3 is 2.89 bits per heavy atom. The van der Waals surface area contributed by atoms with Gasteiger partial charge in [-0.1, -0.05) is 13.3 Å². The van der Waals surface area contributed by atoms with Crippen LogP contribution in [0.2, 0.25) is 0 Å². The van der Waals surface area contributed by atoms with E-state index in [0.29, 0.717) is 12.1 Å². The first-order valence-corrected chi connectivity index (χ1v) is 5.95. The monoisotopic (exact) mass is 255 g/mol. The third-order valence-corrected chi connectivity index (χ3v) is 2.34. The molecule has 0 heterocycles. The number of amides is 1. The van der Waals surface area contributed by atoms with Gasteiger partial charge in [0, 0.05) is 12.6 Å². The van der Waals surface area contributed by atoms with E-state index < -0.39 is 5.82 Å². The lowest BCUT2D eigenvalue weighted by Crippen LogP contribution is -2.29. The molecule has 100 valence electrons. The lowest BCUT2D eigenvalue weighted by atomic mass is 10.2. The Kier molecular flexibility index (Phi) is 6.14. The van der Waals surface area contributed by atoms with E-state index in [4.69, 9.17) is 9.84 Å². The summed E-state index contributed by atoms with van der Waals surface area (Å²) in [5, 5.41) is 11.6. The molecule has 1 aromatic rings. The molecule has 4 nitrogen and oxygen atoms in total. The second kappa shape index (κ2) is 7.66. The number of carbonyl (C=O) groups excluding carboxylic acids is 1. The van der Waals surface area contributed by atoms with E-state index in [1.165, 1.54) is 18.2 Å². The Morgan fingerprint density at radius 2 is 2.22 bits per heavy atom. The maximum Gasteiger partial charge on any atom is 0.257 e. The number of nitrogens with one attached hydrogen (secondary N) is 1. The topological polar surface area (TPSA) is 58.6 Å². The SMILES string of the molecule is CCCCNC(=O)COc1cc(F)cc(CO)c1. The largest absolute Gasteiger partial charge is 0.484 e. The second-order valence-corrected chi connectivity index (χ2v) is 3.95. The zero-order valence-electron chi connectivity index (χ0n) is 10.4. The molecule has 0 unspecified atom stereocenters. The van der Waals surface area contributed by atoms with E-state index in [9.17, 15) is 9.18 Å². The van der Waals surface area contributed by atoms with Crippen LogP contribution < -0.4 is 10.1 Å². The number of rotatable bonds is 7. The highest BCUT2D eigenvalue weighted by Gasteiger charge is 2.04. The summed E-state index contributed by atoms with van der Waals surface area (Å²) in [6, 6.07) is 3.90. The maximum atomic E-state index is 13.1. The van der Waals surface area contributed by atoms with Gasteiger partial charge in [0.1, 0.15) is 11.6 Å². The standard InChI is InChI=1S/C13H18FNO3/c1-2-3-4-15-13(17)9-18-12-6-10(8-16)5-11(14)7-12/h5-7,16H,2-4,8-9H2,1H3,(H,15,17). The summed E-state index contributed by atoms with van der Waals surface area (Å²) in [5.41, 5.74) is 0.413. The number of hydrogen-bond acceptors (Lipinski definition) is 3. The van der Waals surface area contributed by atoms with Gasteiger partial charge in [-0.25, -0.2) is 4.39 Å². The molecule has 0 aromatic heterocycles. The summed E-state index contributed by atoms with van der Waals surface area (Å²) >= 11 is 0. The molecule has 18 heavy (non-hydrogen) atoms. The minimum Gasteiger partial charge on any atom is -0.484 e. The van der Waals surface area contributed by atoms with Crippen molar-refractivity contribution < 1.29 is 19.0 Å². The average Bonchev–Trinajstić information content (AvgIpc) is 2.36. The summed E-state index contributed by atoms with van der Waals surface area (Å²) < 4.78 is 18.3. The van der Waals surface area contributed by atoms with Crippen molar-refractivity contribution in [2.24, 2.45) is 0 Å². The Balaban J connectivity index is 2.43. The molecule has 1 amide bonds. The normalized spacial score (nSPS) is 10.2. The van der Waals surface area contributed by atoms with Gasteiger partial charge in [0.2, 0.25) is 0 Å². The van der Waals surface area contributed by atoms with Gasteiger partial charge in [0.25, 0.3) is 5.91 Å². The smallest absolute Gasteiger partial charge is 0.257 e. The van der Waals surface area contributed by atoms with Crippen LogP contribution in [0.5, 0.6) is 5.75 Å². The molecule has 2 N–H and O–H groups in total. The van der Waals surface area contributed by atoms with Gasteiger partial charge in [0.05, 0.1) is 6.61 Å². The molecule has 0 saturated heterocycles. The molecule has 0 aliphatic heterocycles. The maximum absolute atomic E-state index is 13.1. The fraction of sp³-hybridized carbons (Fsp3) is 0.462. The Morgan fingerprint density at radius 1 is 1.44 bits per heavy atom. The van der Waals surface area contributed by atoms with Crippen LogP contribution in [0.3, 0.4) is 0 Å². The van der Waals surface area contributed by atoms with E-state index in [0.717, 1.165) is 12.8 Å². The van der Waals surface area contributed by atoms with Crippen LogP contribution in [-0.2, 0) is 11.4 Å². The first kappa shape index (κ1) is 14.4. The van der Waals surface area contributed by atoms with Crippen LogP contribution in [0.15, 0.2) is 18.2 Å². The molecule has 0 radical (unpaired) electrons. The highest BCUT2D eigenvalue weighted by molar-refractivity contribution is 5.77. The quantitative estimate of drug-likeness (QED) is 0.728. The summed E-state index contributed by atoms with van der Waals surface area (Å²) in [7, 11) is 0. The lowest BCUT2D eigenvalue weighted by molar-refractivity contribution is -0.123. The van der Waals surface area contributed by atoms with Gasteiger partial charge in [-0.3, -0.25) is 4.79 Å². The molecular weight excluding hydrogens is 237 g/mol. The predicted molar refractivity (Wildman–Crippen MR) is 65.7 cm³/mol. The lowest BCUT2D eigenvalue weighted by Gasteiger charge is -2.08. The molecule has 0 fully saturated rings. The first-order chi connectivity index (χ1) is 8.65. The third kappa shape index (κ3) is 5.14. The van der Waals surface area contributed by atoms with Gasteiger partial charge in [0.15, 0.2) is 6.61 Å². The van der Waals surface area contributed by atoms with E-state index in [1.54, 1.807) is 0 Å². The van der Waals surface area contributed by atoms with E-state index in [-0.39, 0.29) is 24.9 Å². The fourth-order valence-corrected chi connectivity index (χ4v) is 1.40. The molecule has 0 spiro atoms. The highest BCUT2D eigenvalue weighted by Crippen LogP contribution is 2.16. The van der Waals surface area contributed by atoms with Crippen molar-refractivity contribution in [2.75, 3.05) is 13.2 Å². The number of benzene rings is 1. The molecule has 1 aromatic carbocycles. The van der Waals surface area contributed by atoms with Gasteiger partial charge >= 0.3 is 0 Å². The van der Waals surface area contributed by atoms with Crippen LogP contribution in [-0.4, -0.2) is 24.2 Å². The molecular formula is C13H18FNO3. The number of ether oxygens (including phenoxy) is 1. The summed E-state index contributed by atoms with van der Waals surface area (Å²) in [5.74, 6) is -0.495. The van der Waals surface area contributed by atoms with Gasteiger partial charge in [-0.05, 0) is 24.1 Å². The predicted octanol–water partition coefficient (Wildman–Crippen LogP) is 1.61. The Bertz CT molecular complexity index is 396. The minimum absolute atomic E-state index is 0.155. The van der Waals surface area contributed by atoms with Crippen LogP contribution in [0.1, 0.15) is 25.3 Å². The number of aliphatic hydroxyl groups is 1. The van der Waals surface area contributed by atoms with Crippen molar-refractivity contribution in [1.82, 2.24) is 5.32 Å². The molecule has 0 aliphatic rings. The van der Waals surface area contributed by atoms with Crippen LogP contribution in [0.4, 0.5) is 4.39 Å². The van der Waals surface area contributed by atoms with Gasteiger partial charge in [-0.15, -0.1) is 0 Å². The van der Waals surface area contributed by atoms with Crippen molar-refractivity contribution in [2.45, 2.75) is 26.4 Å². The number of aliphatic hydroxyl groups excluding tert-OH is 1.